The molecule has 3 heteroatoms. The summed E-state index contributed by atoms with van der Waals surface area (Å²) in [6, 6.07) is 0.271. The van der Waals surface area contributed by atoms with Crippen LogP contribution >= 0.6 is 0 Å². The summed E-state index contributed by atoms with van der Waals surface area (Å²) in [7, 11) is 0. The minimum Gasteiger partial charge on any atom is -0.393 e. The molecular weight excluding hydrogens is 202 g/mol. The minimum atomic E-state index is -0.305. The largest absolute Gasteiger partial charge is 0.393 e. The van der Waals surface area contributed by atoms with Gasteiger partial charge in [0.2, 0.25) is 5.91 Å². The van der Waals surface area contributed by atoms with Crippen molar-refractivity contribution in [1.29, 1.82) is 0 Å². The van der Waals surface area contributed by atoms with Gasteiger partial charge in [0.1, 0.15) is 0 Å². The van der Waals surface area contributed by atoms with Crippen molar-refractivity contribution in [2.24, 2.45) is 5.92 Å². The van der Waals surface area contributed by atoms with Crippen LogP contribution in [0.25, 0.3) is 0 Å². The van der Waals surface area contributed by atoms with Crippen LogP contribution < -0.4 is 0 Å². The number of aliphatic hydroxyl groups excluding tert-OH is 1. The van der Waals surface area contributed by atoms with Crippen molar-refractivity contribution in [3.05, 3.63) is 0 Å². The molecule has 94 valence electrons. The Kier molecular flexibility index (Phi) is 5.26. The fourth-order valence-corrected chi connectivity index (χ4v) is 2.64. The van der Waals surface area contributed by atoms with Crippen LogP contribution in [0, 0.1) is 5.92 Å². The molecule has 1 rings (SSSR count). The average Bonchev–Trinajstić information content (AvgIpc) is 2.66. The first kappa shape index (κ1) is 13.5. The second-order valence-corrected chi connectivity index (χ2v) is 4.93. The second-order valence-electron chi connectivity index (χ2n) is 4.93. The first-order valence-electron chi connectivity index (χ1n) is 6.58. The van der Waals surface area contributed by atoms with Gasteiger partial charge in [-0.3, -0.25) is 4.79 Å². The normalized spacial score (nSPS) is 22.8. The van der Waals surface area contributed by atoms with Gasteiger partial charge in [-0.1, -0.05) is 13.8 Å². The van der Waals surface area contributed by atoms with Crippen molar-refractivity contribution in [3.8, 4) is 0 Å². The van der Waals surface area contributed by atoms with Crippen molar-refractivity contribution >= 4 is 5.91 Å². The highest BCUT2D eigenvalue weighted by atomic mass is 16.3. The number of rotatable bonds is 5. The Bertz CT molecular complexity index is 224. The molecule has 3 nitrogen and oxygen atoms in total. The maximum Gasteiger partial charge on any atom is 0.225 e. The Labute approximate surface area is 98.8 Å². The molecule has 16 heavy (non-hydrogen) atoms. The van der Waals surface area contributed by atoms with Crippen LogP contribution in [0.5, 0.6) is 0 Å². The lowest BCUT2D eigenvalue weighted by atomic mass is 10.0. The fraction of sp³-hybridized carbons (Fsp3) is 0.923. The first-order valence-corrected chi connectivity index (χ1v) is 6.58. The molecule has 0 aromatic heterocycles. The predicted molar refractivity (Wildman–Crippen MR) is 65.1 cm³/mol. The molecule has 0 bridgehead atoms. The van der Waals surface area contributed by atoms with Crippen LogP contribution in [0.4, 0.5) is 0 Å². The van der Waals surface area contributed by atoms with Crippen molar-refractivity contribution in [2.45, 2.75) is 65.0 Å². The van der Waals surface area contributed by atoms with E-state index in [4.69, 9.17) is 0 Å². The first-order chi connectivity index (χ1) is 7.60. The van der Waals surface area contributed by atoms with E-state index >= 15 is 0 Å². The van der Waals surface area contributed by atoms with Crippen molar-refractivity contribution in [3.63, 3.8) is 0 Å². The van der Waals surface area contributed by atoms with Gasteiger partial charge in [0.25, 0.3) is 0 Å². The highest BCUT2D eigenvalue weighted by Crippen LogP contribution is 2.25. The molecule has 0 saturated carbocycles. The van der Waals surface area contributed by atoms with Crippen LogP contribution in [0.2, 0.25) is 0 Å². The summed E-state index contributed by atoms with van der Waals surface area (Å²) in [4.78, 5) is 14.2. The van der Waals surface area contributed by atoms with E-state index in [2.05, 4.69) is 13.8 Å². The van der Waals surface area contributed by atoms with E-state index in [1.54, 1.807) is 6.92 Å². The second kappa shape index (κ2) is 6.24. The monoisotopic (exact) mass is 227 g/mol. The Morgan fingerprint density at radius 2 is 2.06 bits per heavy atom. The quantitative estimate of drug-likeness (QED) is 0.782. The van der Waals surface area contributed by atoms with Crippen molar-refractivity contribution < 1.29 is 9.90 Å². The lowest BCUT2D eigenvalue weighted by Crippen LogP contribution is -2.40. The van der Waals surface area contributed by atoms with Gasteiger partial charge >= 0.3 is 0 Å². The van der Waals surface area contributed by atoms with E-state index in [9.17, 15) is 9.90 Å². The van der Waals surface area contributed by atoms with Crippen LogP contribution in [-0.2, 0) is 4.79 Å². The summed E-state index contributed by atoms with van der Waals surface area (Å²) in [6.45, 7) is 6.84. The highest BCUT2D eigenvalue weighted by Gasteiger charge is 2.32. The number of hydrogen-bond acceptors (Lipinski definition) is 2. The van der Waals surface area contributed by atoms with Gasteiger partial charge < -0.3 is 10.0 Å². The zero-order valence-corrected chi connectivity index (χ0v) is 10.8. The Balaban J connectivity index is 2.59. The molecule has 2 atom stereocenters. The summed E-state index contributed by atoms with van der Waals surface area (Å²) in [5, 5.41) is 9.43. The van der Waals surface area contributed by atoms with Gasteiger partial charge in [0.05, 0.1) is 6.10 Å². The highest BCUT2D eigenvalue weighted by molar-refractivity contribution is 5.79. The molecule has 1 fully saturated rings. The summed E-state index contributed by atoms with van der Waals surface area (Å²) < 4.78 is 0. The maximum atomic E-state index is 12.2. The van der Waals surface area contributed by atoms with Gasteiger partial charge in [-0.25, -0.2) is 0 Å². The van der Waals surface area contributed by atoms with Gasteiger partial charge in [-0.15, -0.1) is 0 Å². The number of hydrogen-bond donors (Lipinski definition) is 1. The minimum absolute atomic E-state index is 0.176. The Hall–Kier alpha value is -0.570. The number of aliphatic hydroxyl groups is 1. The van der Waals surface area contributed by atoms with Gasteiger partial charge in [0, 0.05) is 18.5 Å². The third-order valence-corrected chi connectivity index (χ3v) is 3.61. The molecule has 2 unspecified atom stereocenters. The van der Waals surface area contributed by atoms with Gasteiger partial charge in [-0.05, 0) is 39.0 Å². The molecule has 1 N–H and O–H groups in total. The number of amides is 1. The van der Waals surface area contributed by atoms with E-state index < -0.39 is 0 Å². The summed E-state index contributed by atoms with van der Waals surface area (Å²) >= 11 is 0. The van der Waals surface area contributed by atoms with E-state index in [1.165, 1.54) is 0 Å². The zero-order chi connectivity index (χ0) is 12.1. The molecule has 1 heterocycles. The van der Waals surface area contributed by atoms with Crippen LogP contribution in [0.1, 0.15) is 52.9 Å². The molecule has 0 spiro atoms. The topological polar surface area (TPSA) is 40.5 Å². The number of nitrogens with zero attached hydrogens (tertiary/aromatic N) is 1. The van der Waals surface area contributed by atoms with Gasteiger partial charge in [-0.2, -0.15) is 0 Å². The third kappa shape index (κ3) is 3.21. The van der Waals surface area contributed by atoms with Crippen LogP contribution in [0.3, 0.4) is 0 Å². The number of carbonyl (C=O) groups excluding carboxylic acids is 1. The summed E-state index contributed by atoms with van der Waals surface area (Å²) in [5.41, 5.74) is 0. The Morgan fingerprint density at radius 3 is 2.56 bits per heavy atom. The molecule has 0 radical (unpaired) electrons. The average molecular weight is 227 g/mol. The summed E-state index contributed by atoms with van der Waals surface area (Å²) in [6.07, 6.45) is 4.41. The van der Waals surface area contributed by atoms with E-state index in [1.807, 2.05) is 4.90 Å². The maximum absolute atomic E-state index is 12.2. The molecular formula is C13H25NO2. The molecule has 0 aromatic rings. The zero-order valence-electron chi connectivity index (χ0n) is 10.8. The molecule has 1 aliphatic heterocycles. The van der Waals surface area contributed by atoms with Crippen molar-refractivity contribution in [2.75, 3.05) is 6.54 Å². The fourth-order valence-electron chi connectivity index (χ4n) is 2.64. The smallest absolute Gasteiger partial charge is 0.225 e. The molecule has 1 saturated heterocycles. The lowest BCUT2D eigenvalue weighted by Gasteiger charge is -2.29. The SMILES string of the molecule is CCC(CC)C(=O)N1CCCC1CC(C)O. The molecule has 0 aromatic carbocycles. The Morgan fingerprint density at radius 1 is 1.44 bits per heavy atom. The molecule has 0 aliphatic carbocycles. The van der Waals surface area contributed by atoms with E-state index in [0.717, 1.165) is 38.6 Å². The van der Waals surface area contributed by atoms with Crippen LogP contribution in [-0.4, -0.2) is 34.6 Å². The number of likely N-dealkylation sites (tertiary alicyclic amines) is 1. The number of carbonyl (C=O) groups is 1. The van der Waals surface area contributed by atoms with E-state index in [-0.39, 0.29) is 18.1 Å². The van der Waals surface area contributed by atoms with Crippen molar-refractivity contribution in [1.82, 2.24) is 4.90 Å². The molecule has 1 aliphatic rings. The lowest BCUT2D eigenvalue weighted by molar-refractivity contribution is -0.137. The summed E-state index contributed by atoms with van der Waals surface area (Å²) in [5.74, 6) is 0.475. The van der Waals surface area contributed by atoms with Crippen LogP contribution in [0.15, 0.2) is 0 Å². The third-order valence-electron chi connectivity index (χ3n) is 3.61. The van der Waals surface area contributed by atoms with Gasteiger partial charge in [0.15, 0.2) is 0 Å². The molecule has 1 amide bonds. The van der Waals surface area contributed by atoms with E-state index in [0.29, 0.717) is 5.91 Å². The predicted octanol–water partition coefficient (Wildman–Crippen LogP) is 2.18. The standard InChI is InChI=1S/C13H25NO2/c1-4-11(5-2)13(16)14-8-6-7-12(14)9-10(3)15/h10-12,15H,4-9H2,1-3H3.